The van der Waals surface area contributed by atoms with Gasteiger partial charge in [0.1, 0.15) is 0 Å². The first-order valence-corrected chi connectivity index (χ1v) is 2.92. The van der Waals surface area contributed by atoms with Gasteiger partial charge in [-0.15, -0.1) is 0 Å². The predicted octanol–water partition coefficient (Wildman–Crippen LogP) is 1.67. The van der Waals surface area contributed by atoms with E-state index in [1.54, 1.807) is 12.5 Å². The zero-order chi connectivity index (χ0) is 6.95. The van der Waals surface area contributed by atoms with Gasteiger partial charge in [0.2, 0.25) is 0 Å². The Morgan fingerprint density at radius 1 is 1.22 bits per heavy atom. The first-order valence-electron chi connectivity index (χ1n) is 2.92. The molecule has 0 amide bonds. The van der Waals surface area contributed by atoms with E-state index in [-0.39, 0.29) is 0 Å². The minimum absolute atomic E-state index is 1.62. The van der Waals surface area contributed by atoms with Crippen LogP contribution >= 0.6 is 0 Å². The zero-order valence-electron chi connectivity index (χ0n) is 5.83. The SMILES string of the molecule is C/C=C\N=CN/C=C/C. The molecule has 0 atom stereocenters. The van der Waals surface area contributed by atoms with Crippen molar-refractivity contribution in [2.45, 2.75) is 13.8 Å². The van der Waals surface area contributed by atoms with E-state index in [1.807, 2.05) is 32.2 Å². The number of hydrogen-bond acceptors (Lipinski definition) is 1. The summed E-state index contributed by atoms with van der Waals surface area (Å²) in [6, 6.07) is 0. The number of allylic oxidation sites excluding steroid dienone is 2. The van der Waals surface area contributed by atoms with Gasteiger partial charge in [-0.2, -0.15) is 0 Å². The molecular weight excluding hydrogens is 112 g/mol. The fraction of sp³-hybridized carbons (Fsp3) is 0.286. The minimum atomic E-state index is 1.62. The summed E-state index contributed by atoms with van der Waals surface area (Å²) in [6.07, 6.45) is 8.93. The summed E-state index contributed by atoms with van der Waals surface area (Å²) in [7, 11) is 0. The number of nitrogens with zero attached hydrogens (tertiary/aromatic N) is 1. The largest absolute Gasteiger partial charge is 0.353 e. The molecule has 2 nitrogen and oxygen atoms in total. The average molecular weight is 124 g/mol. The van der Waals surface area contributed by atoms with Gasteiger partial charge in [0.05, 0.1) is 6.34 Å². The molecule has 0 bridgehead atoms. The maximum Gasteiger partial charge on any atom is 0.0918 e. The highest BCUT2D eigenvalue weighted by molar-refractivity contribution is 5.56. The molecule has 1 N–H and O–H groups in total. The van der Waals surface area contributed by atoms with Crippen molar-refractivity contribution < 1.29 is 0 Å². The Balaban J connectivity index is 3.25. The molecule has 0 unspecified atom stereocenters. The fourth-order valence-electron chi connectivity index (χ4n) is 0.311. The lowest BCUT2D eigenvalue weighted by Gasteiger charge is -1.82. The molecular formula is C7H12N2. The van der Waals surface area contributed by atoms with Crippen molar-refractivity contribution in [1.29, 1.82) is 0 Å². The van der Waals surface area contributed by atoms with E-state index in [9.17, 15) is 0 Å². The Morgan fingerprint density at radius 3 is 2.56 bits per heavy atom. The van der Waals surface area contributed by atoms with Gasteiger partial charge in [-0.25, -0.2) is 4.99 Å². The third-order valence-electron chi connectivity index (χ3n) is 0.647. The third kappa shape index (κ3) is 6.95. The molecule has 50 valence electrons. The standard InChI is InChI=1S/C7H12N2/c1-3-5-8-7-9-6-4-2/h3-7H,1-2H3,(H,8,9)/b5-3-,6-4+. The van der Waals surface area contributed by atoms with Gasteiger partial charge in [0.15, 0.2) is 0 Å². The molecule has 0 aliphatic heterocycles. The Bertz CT molecular complexity index is 123. The van der Waals surface area contributed by atoms with Crippen LogP contribution in [0.2, 0.25) is 0 Å². The molecule has 0 aromatic carbocycles. The maximum atomic E-state index is 3.86. The van der Waals surface area contributed by atoms with Gasteiger partial charge < -0.3 is 5.32 Å². The van der Waals surface area contributed by atoms with Crippen molar-refractivity contribution >= 4 is 6.34 Å². The molecule has 0 rings (SSSR count). The number of nitrogens with one attached hydrogen (secondary N) is 1. The molecule has 9 heavy (non-hydrogen) atoms. The van der Waals surface area contributed by atoms with E-state index in [0.717, 1.165) is 0 Å². The van der Waals surface area contributed by atoms with Crippen molar-refractivity contribution in [3.8, 4) is 0 Å². The monoisotopic (exact) mass is 124 g/mol. The van der Waals surface area contributed by atoms with Gasteiger partial charge in [-0.3, -0.25) is 0 Å². The van der Waals surface area contributed by atoms with Gasteiger partial charge in [0, 0.05) is 6.20 Å². The molecule has 0 saturated carbocycles. The van der Waals surface area contributed by atoms with Crippen LogP contribution in [-0.2, 0) is 0 Å². The Kier molecular flexibility index (Phi) is 6.14. The lowest BCUT2D eigenvalue weighted by Crippen LogP contribution is -1.98. The highest BCUT2D eigenvalue weighted by Gasteiger charge is 1.60. The van der Waals surface area contributed by atoms with Crippen LogP contribution in [0.5, 0.6) is 0 Å². The molecule has 0 aromatic heterocycles. The molecule has 0 fully saturated rings. The summed E-state index contributed by atoms with van der Waals surface area (Å²) in [4.78, 5) is 3.86. The van der Waals surface area contributed by atoms with Crippen molar-refractivity contribution in [3.63, 3.8) is 0 Å². The summed E-state index contributed by atoms with van der Waals surface area (Å²) < 4.78 is 0. The normalized spacial score (nSPS) is 12.2. The second-order valence-electron chi connectivity index (χ2n) is 1.43. The van der Waals surface area contributed by atoms with E-state index >= 15 is 0 Å². The van der Waals surface area contributed by atoms with Crippen LogP contribution in [0.15, 0.2) is 29.5 Å². The van der Waals surface area contributed by atoms with Gasteiger partial charge in [0.25, 0.3) is 0 Å². The summed E-state index contributed by atoms with van der Waals surface area (Å²) >= 11 is 0. The van der Waals surface area contributed by atoms with Gasteiger partial charge >= 0.3 is 0 Å². The molecule has 0 spiro atoms. The molecule has 0 saturated heterocycles. The number of rotatable bonds is 3. The fourth-order valence-corrected chi connectivity index (χ4v) is 0.311. The van der Waals surface area contributed by atoms with Crippen molar-refractivity contribution in [3.05, 3.63) is 24.6 Å². The summed E-state index contributed by atoms with van der Waals surface area (Å²) in [5, 5.41) is 2.85. The number of aliphatic imine (C=N–C) groups is 1. The van der Waals surface area contributed by atoms with Crippen LogP contribution in [0.25, 0.3) is 0 Å². The van der Waals surface area contributed by atoms with Crippen LogP contribution in [0.4, 0.5) is 0 Å². The molecule has 0 aromatic rings. The Labute approximate surface area is 56.0 Å². The molecule has 0 aliphatic rings. The van der Waals surface area contributed by atoms with Crippen LogP contribution < -0.4 is 5.32 Å². The van der Waals surface area contributed by atoms with E-state index in [2.05, 4.69) is 10.3 Å². The van der Waals surface area contributed by atoms with Crippen molar-refractivity contribution in [2.24, 2.45) is 4.99 Å². The summed E-state index contributed by atoms with van der Waals surface area (Å²) in [5.74, 6) is 0. The molecule has 0 heterocycles. The lowest BCUT2D eigenvalue weighted by atomic mass is 10.7. The van der Waals surface area contributed by atoms with Crippen molar-refractivity contribution in [1.82, 2.24) is 5.32 Å². The summed E-state index contributed by atoms with van der Waals surface area (Å²) in [5.41, 5.74) is 0. The smallest absolute Gasteiger partial charge is 0.0918 e. The highest BCUT2D eigenvalue weighted by Crippen LogP contribution is 1.68. The van der Waals surface area contributed by atoms with Crippen LogP contribution in [0.1, 0.15) is 13.8 Å². The predicted molar refractivity (Wildman–Crippen MR) is 41.3 cm³/mol. The topological polar surface area (TPSA) is 24.4 Å². The van der Waals surface area contributed by atoms with Crippen molar-refractivity contribution in [2.75, 3.05) is 0 Å². The Hall–Kier alpha value is -1.05. The molecule has 0 radical (unpaired) electrons. The third-order valence-corrected chi connectivity index (χ3v) is 0.647. The number of hydrogen-bond donors (Lipinski definition) is 1. The van der Waals surface area contributed by atoms with E-state index in [4.69, 9.17) is 0 Å². The second-order valence-corrected chi connectivity index (χ2v) is 1.43. The first-order chi connectivity index (χ1) is 4.41. The van der Waals surface area contributed by atoms with Gasteiger partial charge in [-0.05, 0) is 20.0 Å². The van der Waals surface area contributed by atoms with Gasteiger partial charge in [-0.1, -0.05) is 12.2 Å². The van der Waals surface area contributed by atoms with Crippen LogP contribution in [0, 0.1) is 0 Å². The van der Waals surface area contributed by atoms with Crippen LogP contribution in [-0.4, -0.2) is 6.34 Å². The lowest BCUT2D eigenvalue weighted by molar-refractivity contribution is 1.29. The molecule has 2 heteroatoms. The van der Waals surface area contributed by atoms with Crippen LogP contribution in [0.3, 0.4) is 0 Å². The van der Waals surface area contributed by atoms with E-state index < -0.39 is 0 Å². The zero-order valence-corrected chi connectivity index (χ0v) is 5.83. The summed E-state index contributed by atoms with van der Waals surface area (Å²) in [6.45, 7) is 3.86. The molecule has 0 aliphatic carbocycles. The maximum absolute atomic E-state index is 3.86. The van der Waals surface area contributed by atoms with E-state index in [0.29, 0.717) is 0 Å². The quantitative estimate of drug-likeness (QED) is 0.449. The first kappa shape index (κ1) is 7.95. The Morgan fingerprint density at radius 2 is 2.00 bits per heavy atom. The van der Waals surface area contributed by atoms with E-state index in [1.165, 1.54) is 0 Å². The second kappa shape index (κ2) is 6.95. The highest BCUT2D eigenvalue weighted by atomic mass is 14.9. The minimum Gasteiger partial charge on any atom is -0.353 e. The average Bonchev–Trinajstić information content (AvgIpc) is 1.89.